The van der Waals surface area contributed by atoms with Crippen LogP contribution in [-0.4, -0.2) is 50.7 Å². The highest BCUT2D eigenvalue weighted by Gasteiger charge is 2.29. The van der Waals surface area contributed by atoms with E-state index in [0.717, 1.165) is 5.56 Å². The van der Waals surface area contributed by atoms with Gasteiger partial charge >= 0.3 is 0 Å². The van der Waals surface area contributed by atoms with E-state index in [9.17, 15) is 9.18 Å². The van der Waals surface area contributed by atoms with Crippen LogP contribution in [0.25, 0.3) is 28.2 Å². The molecule has 0 radical (unpaired) electrons. The Morgan fingerprint density at radius 1 is 0.969 bits per heavy atom. The average Bonchev–Trinajstić information content (AvgIpc) is 3.22. The summed E-state index contributed by atoms with van der Waals surface area (Å²) in [6, 6.07) is 19.6. The van der Waals surface area contributed by atoms with Crippen molar-refractivity contribution in [1.82, 2.24) is 19.5 Å². The van der Waals surface area contributed by atoms with Crippen LogP contribution in [-0.2, 0) is 4.74 Å². The smallest absolute Gasteiger partial charge is 0.272 e. The Morgan fingerprint density at radius 2 is 1.66 bits per heavy atom. The normalized spacial score (nSPS) is 18.8. The standard InChI is InChI=1S/C25H23FN4O2/c1-16-14-29(15-17(2)32-16)25(31)23-12-22(19-10-6-7-11-20(19)26)27-24-13-21(28-30(23)24)18-8-4-3-5-9-18/h3-13,16-17H,14-15H2,1-2H3. The fourth-order valence-corrected chi connectivity index (χ4v) is 4.19. The van der Waals surface area contributed by atoms with Crippen LogP contribution >= 0.6 is 0 Å². The summed E-state index contributed by atoms with van der Waals surface area (Å²) in [5.74, 6) is -0.570. The largest absolute Gasteiger partial charge is 0.372 e. The molecule has 5 rings (SSSR count). The zero-order valence-corrected chi connectivity index (χ0v) is 17.9. The molecule has 0 aliphatic carbocycles. The van der Waals surface area contributed by atoms with E-state index in [1.165, 1.54) is 6.07 Å². The van der Waals surface area contributed by atoms with Crippen molar-refractivity contribution in [3.05, 3.63) is 78.2 Å². The van der Waals surface area contributed by atoms with Gasteiger partial charge in [-0.3, -0.25) is 4.79 Å². The van der Waals surface area contributed by atoms with E-state index in [-0.39, 0.29) is 23.9 Å². The monoisotopic (exact) mass is 430 g/mol. The number of hydrogen-bond acceptors (Lipinski definition) is 4. The summed E-state index contributed by atoms with van der Waals surface area (Å²) >= 11 is 0. The van der Waals surface area contributed by atoms with Crippen molar-refractivity contribution in [3.8, 4) is 22.5 Å². The molecule has 0 bridgehead atoms. The predicted octanol–water partition coefficient (Wildman–Crippen LogP) is 4.45. The van der Waals surface area contributed by atoms with Gasteiger partial charge in [0.15, 0.2) is 5.65 Å². The number of morpholine rings is 1. The second-order valence-electron chi connectivity index (χ2n) is 8.14. The van der Waals surface area contributed by atoms with E-state index in [2.05, 4.69) is 10.1 Å². The van der Waals surface area contributed by atoms with Gasteiger partial charge in [0.1, 0.15) is 11.5 Å². The Balaban J connectivity index is 1.67. The van der Waals surface area contributed by atoms with E-state index in [4.69, 9.17) is 4.74 Å². The van der Waals surface area contributed by atoms with Gasteiger partial charge in [-0.25, -0.2) is 13.9 Å². The lowest BCUT2D eigenvalue weighted by Crippen LogP contribution is -2.48. The minimum absolute atomic E-state index is 0.0661. The molecule has 0 spiro atoms. The molecule has 4 aromatic rings. The molecule has 1 fully saturated rings. The van der Waals surface area contributed by atoms with Gasteiger partial charge in [0.2, 0.25) is 0 Å². The van der Waals surface area contributed by atoms with Gasteiger partial charge in [0.05, 0.1) is 23.6 Å². The lowest BCUT2D eigenvalue weighted by atomic mass is 10.1. The van der Waals surface area contributed by atoms with E-state index in [1.807, 2.05) is 50.2 Å². The van der Waals surface area contributed by atoms with Gasteiger partial charge in [-0.1, -0.05) is 42.5 Å². The fraction of sp³-hybridized carbons (Fsp3) is 0.240. The Kier molecular flexibility index (Phi) is 5.19. The van der Waals surface area contributed by atoms with Crippen molar-refractivity contribution in [2.45, 2.75) is 26.1 Å². The Morgan fingerprint density at radius 3 is 2.38 bits per heavy atom. The number of benzene rings is 2. The Bertz CT molecular complexity index is 1280. The number of halogens is 1. The predicted molar refractivity (Wildman–Crippen MR) is 120 cm³/mol. The molecule has 1 aliphatic heterocycles. The van der Waals surface area contributed by atoms with E-state index >= 15 is 0 Å². The zero-order valence-electron chi connectivity index (χ0n) is 17.9. The van der Waals surface area contributed by atoms with Gasteiger partial charge in [0.25, 0.3) is 5.91 Å². The molecule has 3 heterocycles. The molecule has 7 heteroatoms. The number of nitrogens with zero attached hydrogens (tertiary/aromatic N) is 4. The summed E-state index contributed by atoms with van der Waals surface area (Å²) in [5, 5.41) is 4.68. The molecule has 2 aromatic carbocycles. The van der Waals surface area contributed by atoms with Crippen molar-refractivity contribution in [1.29, 1.82) is 0 Å². The fourth-order valence-electron chi connectivity index (χ4n) is 4.19. The molecule has 2 unspecified atom stereocenters. The third kappa shape index (κ3) is 3.76. The van der Waals surface area contributed by atoms with Crippen molar-refractivity contribution in [3.63, 3.8) is 0 Å². The Labute approximate surface area is 185 Å². The van der Waals surface area contributed by atoms with Gasteiger partial charge in [-0.05, 0) is 32.0 Å². The number of ether oxygens (including phenoxy) is 1. The molecule has 2 atom stereocenters. The molecule has 6 nitrogen and oxygen atoms in total. The molecule has 162 valence electrons. The van der Waals surface area contributed by atoms with Crippen LogP contribution < -0.4 is 0 Å². The van der Waals surface area contributed by atoms with E-state index in [1.54, 1.807) is 33.7 Å². The van der Waals surface area contributed by atoms with Gasteiger partial charge in [-0.2, -0.15) is 5.10 Å². The first-order chi connectivity index (χ1) is 15.5. The molecule has 0 saturated carbocycles. The molecular weight excluding hydrogens is 407 g/mol. The van der Waals surface area contributed by atoms with E-state index < -0.39 is 0 Å². The van der Waals surface area contributed by atoms with Crippen LogP contribution in [0.4, 0.5) is 4.39 Å². The number of rotatable bonds is 3. The summed E-state index contributed by atoms with van der Waals surface area (Å²) in [6.07, 6.45) is -0.132. The van der Waals surface area contributed by atoms with Crippen LogP contribution in [0, 0.1) is 5.82 Å². The molecular formula is C25H23FN4O2. The summed E-state index contributed by atoms with van der Waals surface area (Å²) in [7, 11) is 0. The number of carbonyl (C=O) groups excluding carboxylic acids is 1. The molecule has 32 heavy (non-hydrogen) atoms. The van der Waals surface area contributed by atoms with Gasteiger partial charge in [-0.15, -0.1) is 0 Å². The first kappa shape index (κ1) is 20.3. The van der Waals surface area contributed by atoms with Crippen LogP contribution in [0.2, 0.25) is 0 Å². The molecule has 1 aliphatic rings. The zero-order chi connectivity index (χ0) is 22.2. The third-order valence-corrected chi connectivity index (χ3v) is 5.57. The second-order valence-corrected chi connectivity index (χ2v) is 8.14. The SMILES string of the molecule is CC1CN(C(=O)c2cc(-c3ccccc3F)nc3cc(-c4ccccc4)nn23)CC(C)O1. The second kappa shape index (κ2) is 8.16. The van der Waals surface area contributed by atoms with E-state index in [0.29, 0.717) is 41.4 Å². The molecule has 0 N–H and O–H groups in total. The third-order valence-electron chi connectivity index (χ3n) is 5.57. The average molecular weight is 430 g/mol. The maximum absolute atomic E-state index is 14.6. The highest BCUT2D eigenvalue weighted by molar-refractivity contribution is 5.94. The quantitative estimate of drug-likeness (QED) is 0.482. The van der Waals surface area contributed by atoms with Gasteiger partial charge < -0.3 is 9.64 Å². The van der Waals surface area contributed by atoms with Crippen LogP contribution in [0.1, 0.15) is 24.3 Å². The first-order valence-corrected chi connectivity index (χ1v) is 10.7. The maximum atomic E-state index is 14.6. The number of hydrogen-bond donors (Lipinski definition) is 0. The van der Waals surface area contributed by atoms with Crippen molar-refractivity contribution >= 4 is 11.6 Å². The van der Waals surface area contributed by atoms with Crippen LogP contribution in [0.5, 0.6) is 0 Å². The summed E-state index contributed by atoms with van der Waals surface area (Å²) in [4.78, 5) is 20.0. The number of aromatic nitrogens is 3. The summed E-state index contributed by atoms with van der Waals surface area (Å²) in [5.41, 5.74) is 3.18. The summed E-state index contributed by atoms with van der Waals surface area (Å²) < 4.78 is 21.9. The highest BCUT2D eigenvalue weighted by atomic mass is 19.1. The molecule has 1 amide bonds. The van der Waals surface area contributed by atoms with Crippen molar-refractivity contribution in [2.75, 3.05) is 13.1 Å². The Hall–Kier alpha value is -3.58. The lowest BCUT2D eigenvalue weighted by molar-refractivity contribution is -0.0588. The van der Waals surface area contributed by atoms with Crippen molar-refractivity contribution < 1.29 is 13.9 Å². The van der Waals surface area contributed by atoms with Crippen LogP contribution in [0.15, 0.2) is 66.7 Å². The molecule has 1 saturated heterocycles. The topological polar surface area (TPSA) is 59.7 Å². The molecule has 2 aromatic heterocycles. The number of carbonyl (C=O) groups is 1. The first-order valence-electron chi connectivity index (χ1n) is 10.7. The maximum Gasteiger partial charge on any atom is 0.272 e. The van der Waals surface area contributed by atoms with Gasteiger partial charge in [0, 0.05) is 30.3 Å². The number of amides is 1. The minimum atomic E-state index is -0.390. The minimum Gasteiger partial charge on any atom is -0.372 e. The summed E-state index contributed by atoms with van der Waals surface area (Å²) in [6.45, 7) is 4.86. The van der Waals surface area contributed by atoms with Crippen LogP contribution in [0.3, 0.4) is 0 Å². The van der Waals surface area contributed by atoms with Crippen molar-refractivity contribution in [2.24, 2.45) is 0 Å². The highest BCUT2D eigenvalue weighted by Crippen LogP contribution is 2.26. The number of fused-ring (bicyclic) bond motifs is 1. The lowest BCUT2D eigenvalue weighted by Gasteiger charge is -2.35.